The molecule has 0 saturated carbocycles. The number of hydrogen-bond acceptors (Lipinski definition) is 4. The average Bonchev–Trinajstić information content (AvgIpc) is 2.49. The highest BCUT2D eigenvalue weighted by molar-refractivity contribution is 5.63. The minimum absolute atomic E-state index is 0.467. The lowest BCUT2D eigenvalue weighted by molar-refractivity contribution is 0.888. The van der Waals surface area contributed by atoms with E-state index in [-0.39, 0.29) is 0 Å². The van der Waals surface area contributed by atoms with Gasteiger partial charge in [-0.3, -0.25) is 0 Å². The van der Waals surface area contributed by atoms with E-state index in [0.717, 1.165) is 34.7 Å². The van der Waals surface area contributed by atoms with Crippen LogP contribution in [0.5, 0.6) is 0 Å². The van der Waals surface area contributed by atoms with Crippen LogP contribution in [0.25, 0.3) is 0 Å². The second-order valence-corrected chi connectivity index (χ2v) is 5.00. The zero-order valence-electron chi connectivity index (χ0n) is 12.6. The Balaban J connectivity index is 2.42. The highest BCUT2D eigenvalue weighted by Crippen LogP contribution is 2.27. The van der Waals surface area contributed by atoms with Crippen LogP contribution in [0.4, 0.5) is 11.5 Å². The second-order valence-electron chi connectivity index (χ2n) is 5.00. The molecule has 1 heterocycles. The van der Waals surface area contributed by atoms with Crippen LogP contribution in [-0.4, -0.2) is 17.2 Å². The van der Waals surface area contributed by atoms with Crippen molar-refractivity contribution in [3.8, 4) is 0 Å². The number of anilines is 2. The normalized spacial score (nSPS) is 10.7. The van der Waals surface area contributed by atoms with Gasteiger partial charge in [-0.2, -0.15) is 5.10 Å². The highest BCUT2D eigenvalue weighted by Gasteiger charge is 2.14. The molecule has 0 atom stereocenters. The quantitative estimate of drug-likeness (QED) is 0.928. The zero-order valence-corrected chi connectivity index (χ0v) is 12.6. The number of hydrogen-bond donors (Lipinski definition) is 1. The molecular weight excluding hydrogens is 248 g/mol. The molecule has 20 heavy (non-hydrogen) atoms. The van der Waals surface area contributed by atoms with Crippen LogP contribution in [0.3, 0.4) is 0 Å². The first kappa shape index (κ1) is 14.5. The van der Waals surface area contributed by atoms with Gasteiger partial charge in [0.05, 0.1) is 5.69 Å². The van der Waals surface area contributed by atoms with Gasteiger partial charge < -0.3 is 10.6 Å². The van der Waals surface area contributed by atoms with E-state index in [1.807, 2.05) is 25.8 Å². The lowest BCUT2D eigenvalue weighted by Gasteiger charge is -2.22. The summed E-state index contributed by atoms with van der Waals surface area (Å²) in [7, 11) is 2.00. The van der Waals surface area contributed by atoms with Crippen molar-refractivity contribution in [1.82, 2.24) is 10.2 Å². The lowest BCUT2D eigenvalue weighted by Crippen LogP contribution is -2.18. The standard InChI is InChI=1S/C16H22N4/c1-5-13-6-8-14(9-7-13)20(4)16-15(10-17)11(2)12(3)18-19-16/h6-9H,5,10,17H2,1-4H3. The van der Waals surface area contributed by atoms with Crippen LogP contribution in [0.1, 0.15) is 29.3 Å². The Kier molecular flexibility index (Phi) is 4.35. The maximum absolute atomic E-state index is 5.89. The van der Waals surface area contributed by atoms with E-state index in [2.05, 4.69) is 41.4 Å². The van der Waals surface area contributed by atoms with Gasteiger partial charge in [-0.1, -0.05) is 19.1 Å². The van der Waals surface area contributed by atoms with Crippen molar-refractivity contribution in [3.05, 3.63) is 46.6 Å². The molecule has 4 heteroatoms. The summed E-state index contributed by atoms with van der Waals surface area (Å²) >= 11 is 0. The van der Waals surface area contributed by atoms with Crippen molar-refractivity contribution in [1.29, 1.82) is 0 Å². The van der Waals surface area contributed by atoms with E-state index < -0.39 is 0 Å². The Morgan fingerprint density at radius 3 is 2.30 bits per heavy atom. The Hall–Kier alpha value is -1.94. The van der Waals surface area contributed by atoms with Crippen molar-refractivity contribution < 1.29 is 0 Å². The number of benzene rings is 1. The summed E-state index contributed by atoms with van der Waals surface area (Å²) in [5, 5.41) is 8.55. The van der Waals surface area contributed by atoms with Gasteiger partial charge in [-0.15, -0.1) is 5.10 Å². The van der Waals surface area contributed by atoms with Crippen molar-refractivity contribution >= 4 is 11.5 Å². The summed E-state index contributed by atoms with van der Waals surface area (Å²) in [6.45, 7) is 6.63. The highest BCUT2D eigenvalue weighted by atomic mass is 15.3. The first-order valence-corrected chi connectivity index (χ1v) is 6.94. The molecule has 0 aliphatic rings. The minimum Gasteiger partial charge on any atom is -0.328 e. The summed E-state index contributed by atoms with van der Waals surface area (Å²) in [6.07, 6.45) is 1.04. The number of rotatable bonds is 4. The Bertz CT molecular complexity index is 590. The van der Waals surface area contributed by atoms with Gasteiger partial charge in [0.25, 0.3) is 0 Å². The molecule has 1 aromatic heterocycles. The van der Waals surface area contributed by atoms with Crippen LogP contribution >= 0.6 is 0 Å². The monoisotopic (exact) mass is 270 g/mol. The number of nitrogens with zero attached hydrogens (tertiary/aromatic N) is 3. The fourth-order valence-corrected chi connectivity index (χ4v) is 2.24. The first-order chi connectivity index (χ1) is 9.58. The first-order valence-electron chi connectivity index (χ1n) is 6.94. The predicted octanol–water partition coefficient (Wildman–Crippen LogP) is 2.88. The van der Waals surface area contributed by atoms with Gasteiger partial charge in [0.15, 0.2) is 5.82 Å². The van der Waals surface area contributed by atoms with Gasteiger partial charge >= 0.3 is 0 Å². The van der Waals surface area contributed by atoms with E-state index in [1.165, 1.54) is 5.56 Å². The smallest absolute Gasteiger partial charge is 0.160 e. The molecule has 1 aromatic carbocycles. The fraction of sp³-hybridized carbons (Fsp3) is 0.375. The molecule has 0 fully saturated rings. The molecule has 2 rings (SSSR count). The summed E-state index contributed by atoms with van der Waals surface area (Å²) < 4.78 is 0. The van der Waals surface area contributed by atoms with Crippen molar-refractivity contribution in [2.24, 2.45) is 5.73 Å². The van der Waals surface area contributed by atoms with E-state index in [0.29, 0.717) is 6.54 Å². The molecule has 0 radical (unpaired) electrons. The maximum atomic E-state index is 5.89. The fourth-order valence-electron chi connectivity index (χ4n) is 2.24. The summed E-state index contributed by atoms with van der Waals surface area (Å²) in [6, 6.07) is 8.50. The minimum atomic E-state index is 0.467. The van der Waals surface area contributed by atoms with Gasteiger partial charge in [0, 0.05) is 24.8 Å². The Morgan fingerprint density at radius 1 is 1.10 bits per heavy atom. The maximum Gasteiger partial charge on any atom is 0.160 e. The van der Waals surface area contributed by atoms with E-state index in [4.69, 9.17) is 5.73 Å². The molecule has 0 unspecified atom stereocenters. The number of nitrogens with two attached hydrogens (primary N) is 1. The van der Waals surface area contributed by atoms with Crippen LogP contribution in [0.15, 0.2) is 24.3 Å². The van der Waals surface area contributed by atoms with Crippen molar-refractivity contribution in [2.45, 2.75) is 33.7 Å². The summed E-state index contributed by atoms with van der Waals surface area (Å²) in [5.41, 5.74) is 11.4. The van der Waals surface area contributed by atoms with Crippen molar-refractivity contribution in [3.63, 3.8) is 0 Å². The molecule has 4 nitrogen and oxygen atoms in total. The van der Waals surface area contributed by atoms with Crippen LogP contribution in [-0.2, 0) is 13.0 Å². The third kappa shape index (κ3) is 2.65. The molecule has 0 aliphatic heterocycles. The molecule has 0 amide bonds. The molecule has 0 saturated heterocycles. The Morgan fingerprint density at radius 2 is 1.75 bits per heavy atom. The van der Waals surface area contributed by atoms with E-state index in [1.54, 1.807) is 0 Å². The van der Waals surface area contributed by atoms with Gasteiger partial charge in [-0.25, -0.2) is 0 Å². The SMILES string of the molecule is CCc1ccc(N(C)c2nnc(C)c(C)c2CN)cc1. The lowest BCUT2D eigenvalue weighted by atomic mass is 10.1. The predicted molar refractivity (Wildman–Crippen MR) is 83.3 cm³/mol. The Labute approximate surface area is 120 Å². The van der Waals surface area contributed by atoms with Crippen LogP contribution < -0.4 is 10.6 Å². The number of aromatic nitrogens is 2. The van der Waals surface area contributed by atoms with E-state index >= 15 is 0 Å². The van der Waals surface area contributed by atoms with Gasteiger partial charge in [-0.05, 0) is 43.5 Å². The van der Waals surface area contributed by atoms with Gasteiger partial charge in [0.1, 0.15) is 0 Å². The molecule has 0 bridgehead atoms. The molecule has 0 aliphatic carbocycles. The number of aryl methyl sites for hydroxylation is 2. The zero-order chi connectivity index (χ0) is 14.7. The van der Waals surface area contributed by atoms with Crippen LogP contribution in [0, 0.1) is 13.8 Å². The average molecular weight is 270 g/mol. The third-order valence-electron chi connectivity index (χ3n) is 3.81. The molecular formula is C16H22N4. The largest absolute Gasteiger partial charge is 0.328 e. The third-order valence-corrected chi connectivity index (χ3v) is 3.81. The molecule has 106 valence electrons. The second kappa shape index (κ2) is 6.01. The topological polar surface area (TPSA) is 55.0 Å². The van der Waals surface area contributed by atoms with Crippen LogP contribution in [0.2, 0.25) is 0 Å². The molecule has 2 N–H and O–H groups in total. The van der Waals surface area contributed by atoms with E-state index in [9.17, 15) is 0 Å². The molecule has 2 aromatic rings. The van der Waals surface area contributed by atoms with Gasteiger partial charge in [0.2, 0.25) is 0 Å². The summed E-state index contributed by atoms with van der Waals surface area (Å²) in [4.78, 5) is 2.04. The van der Waals surface area contributed by atoms with Crippen molar-refractivity contribution in [2.75, 3.05) is 11.9 Å². The molecule has 0 spiro atoms. The summed E-state index contributed by atoms with van der Waals surface area (Å²) in [5.74, 6) is 0.833.